The first kappa shape index (κ1) is 12.5. The quantitative estimate of drug-likeness (QED) is 0.392. The number of rotatable bonds is 1. The van der Waals surface area contributed by atoms with Gasteiger partial charge >= 0.3 is 0 Å². The van der Waals surface area contributed by atoms with E-state index >= 15 is 0 Å². The van der Waals surface area contributed by atoms with E-state index in [2.05, 4.69) is 27.6 Å². The van der Waals surface area contributed by atoms with Gasteiger partial charge in [0.05, 0.1) is 22.1 Å². The van der Waals surface area contributed by atoms with Crippen LogP contribution in [0, 0.1) is 0 Å². The average Bonchev–Trinajstić information content (AvgIpc) is 3.00. The molecule has 0 saturated carbocycles. The second-order valence-electron chi connectivity index (χ2n) is 6.36. The zero-order valence-corrected chi connectivity index (χ0v) is 13.6. The topological polar surface area (TPSA) is 30.2 Å². The second-order valence-corrected chi connectivity index (χ2v) is 6.36. The van der Waals surface area contributed by atoms with Crippen LogP contribution in [0.5, 0.6) is 0 Å². The van der Waals surface area contributed by atoms with Crippen LogP contribution in [0.4, 0.5) is 0 Å². The molecule has 0 fully saturated rings. The molecule has 0 saturated heterocycles. The van der Waals surface area contributed by atoms with E-state index < -0.39 is 5.89 Å². The Hall–Kier alpha value is -2.94. The van der Waals surface area contributed by atoms with E-state index in [1.165, 1.54) is 0 Å². The SMILES string of the molecule is [2H]C(C)(C)c1cccc2c1c1ncccc1c1nc3ccccc3n21. The molecule has 24 heavy (non-hydrogen) atoms. The molecule has 0 atom stereocenters. The lowest BCUT2D eigenvalue weighted by molar-refractivity contribution is 0.876. The number of hydrogen-bond donors (Lipinski definition) is 0. The predicted molar refractivity (Wildman–Crippen MR) is 99.6 cm³/mol. The van der Waals surface area contributed by atoms with E-state index in [4.69, 9.17) is 6.35 Å². The number of fused-ring (bicyclic) bond motifs is 8. The highest BCUT2D eigenvalue weighted by Crippen LogP contribution is 2.35. The Morgan fingerprint density at radius 1 is 0.958 bits per heavy atom. The normalized spacial score (nSPS) is 13.2. The van der Waals surface area contributed by atoms with Crippen LogP contribution in [0.1, 0.15) is 26.7 Å². The summed E-state index contributed by atoms with van der Waals surface area (Å²) in [5.74, 6) is -0.714. The van der Waals surface area contributed by atoms with Crippen molar-refractivity contribution in [2.45, 2.75) is 19.7 Å². The molecular weight excluding hydrogens is 294 g/mol. The van der Waals surface area contributed by atoms with Crippen LogP contribution in [0.15, 0.2) is 60.8 Å². The second kappa shape index (κ2) is 4.78. The van der Waals surface area contributed by atoms with Crippen LogP contribution in [-0.4, -0.2) is 14.4 Å². The smallest absolute Gasteiger partial charge is 0.147 e. The highest BCUT2D eigenvalue weighted by atomic mass is 15.0. The van der Waals surface area contributed by atoms with Crippen LogP contribution in [0.25, 0.3) is 38.5 Å². The summed E-state index contributed by atoms with van der Waals surface area (Å²) in [4.78, 5) is 9.53. The fourth-order valence-electron chi connectivity index (χ4n) is 3.63. The molecule has 3 heterocycles. The van der Waals surface area contributed by atoms with Crippen LogP contribution < -0.4 is 0 Å². The van der Waals surface area contributed by atoms with Gasteiger partial charge in [-0.1, -0.05) is 38.1 Å². The molecular formula is C21H17N3. The molecule has 116 valence electrons. The van der Waals surface area contributed by atoms with Crippen molar-refractivity contribution in [1.82, 2.24) is 14.4 Å². The summed E-state index contributed by atoms with van der Waals surface area (Å²) >= 11 is 0. The van der Waals surface area contributed by atoms with E-state index in [0.29, 0.717) is 0 Å². The maximum Gasteiger partial charge on any atom is 0.147 e. The molecule has 3 aromatic heterocycles. The number of benzene rings is 2. The maximum atomic E-state index is 8.61. The van der Waals surface area contributed by atoms with E-state index in [-0.39, 0.29) is 0 Å². The molecule has 5 aromatic rings. The highest BCUT2D eigenvalue weighted by Gasteiger charge is 2.16. The van der Waals surface area contributed by atoms with Gasteiger partial charge in [-0.05, 0) is 41.8 Å². The van der Waals surface area contributed by atoms with Gasteiger partial charge in [0.2, 0.25) is 0 Å². The molecule has 0 bridgehead atoms. The summed E-state index contributed by atoms with van der Waals surface area (Å²) in [5.41, 5.74) is 5.90. The summed E-state index contributed by atoms with van der Waals surface area (Å²) in [6.45, 7) is 3.85. The van der Waals surface area contributed by atoms with Crippen molar-refractivity contribution >= 4 is 38.5 Å². The first-order chi connectivity index (χ1) is 12.1. The molecule has 0 spiro atoms. The van der Waals surface area contributed by atoms with Crippen LogP contribution in [-0.2, 0) is 0 Å². The Balaban J connectivity index is 2.19. The van der Waals surface area contributed by atoms with Crippen molar-refractivity contribution < 1.29 is 1.37 Å². The molecule has 2 aromatic carbocycles. The summed E-state index contributed by atoms with van der Waals surface area (Å²) < 4.78 is 10.8. The number of para-hydroxylation sites is 2. The molecule has 0 radical (unpaired) electrons. The number of imidazole rings is 1. The number of hydrogen-bond acceptors (Lipinski definition) is 2. The molecule has 0 aliphatic carbocycles. The Kier molecular flexibility index (Phi) is 2.48. The van der Waals surface area contributed by atoms with E-state index in [1.54, 1.807) is 0 Å². The minimum absolute atomic E-state index is 0.714. The van der Waals surface area contributed by atoms with Gasteiger partial charge in [0.1, 0.15) is 5.65 Å². The summed E-state index contributed by atoms with van der Waals surface area (Å²) in [7, 11) is 0. The van der Waals surface area contributed by atoms with E-state index in [0.717, 1.165) is 44.0 Å². The number of nitrogens with zero attached hydrogens (tertiary/aromatic N) is 3. The molecule has 0 amide bonds. The molecule has 0 aliphatic heterocycles. The van der Waals surface area contributed by atoms with Gasteiger partial charge in [0.15, 0.2) is 0 Å². The monoisotopic (exact) mass is 312 g/mol. The first-order valence-electron chi connectivity index (χ1n) is 8.63. The minimum Gasteiger partial charge on any atom is -0.292 e. The average molecular weight is 312 g/mol. The Morgan fingerprint density at radius 2 is 1.79 bits per heavy atom. The molecule has 0 N–H and O–H groups in total. The number of pyridine rings is 2. The third-order valence-electron chi connectivity index (χ3n) is 4.67. The third-order valence-corrected chi connectivity index (χ3v) is 4.67. The highest BCUT2D eigenvalue weighted by molar-refractivity contribution is 6.13. The molecule has 5 rings (SSSR count). The standard InChI is InChI=1S/C21H17N3/c1-13(2)14-7-5-11-18-19(14)20-15(8-6-12-22-20)21-23-16-9-3-4-10-17(16)24(18)21/h3-13H,1-2H3/i13D. The van der Waals surface area contributed by atoms with Crippen LogP contribution >= 0.6 is 0 Å². The summed E-state index contributed by atoms with van der Waals surface area (Å²) in [6.07, 6.45) is 1.81. The van der Waals surface area contributed by atoms with Crippen molar-refractivity contribution in [2.24, 2.45) is 0 Å². The molecule has 0 aliphatic rings. The Labute approximate surface area is 141 Å². The largest absolute Gasteiger partial charge is 0.292 e. The van der Waals surface area contributed by atoms with Gasteiger partial charge in [-0.25, -0.2) is 4.98 Å². The van der Waals surface area contributed by atoms with Crippen molar-refractivity contribution in [3.05, 3.63) is 66.4 Å². The van der Waals surface area contributed by atoms with Gasteiger partial charge < -0.3 is 0 Å². The van der Waals surface area contributed by atoms with Gasteiger partial charge in [-0.15, -0.1) is 0 Å². The predicted octanol–water partition coefficient (Wildman–Crippen LogP) is 5.31. The molecule has 0 unspecified atom stereocenters. The third kappa shape index (κ3) is 1.67. The number of aromatic nitrogens is 3. The van der Waals surface area contributed by atoms with Gasteiger partial charge in [-0.2, -0.15) is 0 Å². The van der Waals surface area contributed by atoms with Crippen LogP contribution in [0.2, 0.25) is 0 Å². The van der Waals surface area contributed by atoms with Crippen molar-refractivity contribution in [2.75, 3.05) is 0 Å². The zero-order chi connectivity index (χ0) is 17.2. The fourth-order valence-corrected chi connectivity index (χ4v) is 3.63. The zero-order valence-electron chi connectivity index (χ0n) is 14.6. The maximum absolute atomic E-state index is 8.61. The first-order valence-corrected chi connectivity index (χ1v) is 8.13. The fraction of sp³-hybridized carbons (Fsp3) is 0.143. The van der Waals surface area contributed by atoms with Crippen molar-refractivity contribution in [3.8, 4) is 0 Å². The van der Waals surface area contributed by atoms with E-state index in [1.807, 2.05) is 56.4 Å². The van der Waals surface area contributed by atoms with Gasteiger partial charge in [0.25, 0.3) is 0 Å². The van der Waals surface area contributed by atoms with Crippen molar-refractivity contribution in [1.29, 1.82) is 0 Å². The van der Waals surface area contributed by atoms with Crippen molar-refractivity contribution in [3.63, 3.8) is 0 Å². The molecule has 3 nitrogen and oxygen atoms in total. The summed E-state index contributed by atoms with van der Waals surface area (Å²) in [6, 6.07) is 18.3. The lowest BCUT2D eigenvalue weighted by Gasteiger charge is -2.14. The lowest BCUT2D eigenvalue weighted by atomic mass is 9.96. The minimum atomic E-state index is -0.714. The van der Waals surface area contributed by atoms with Gasteiger partial charge in [-0.3, -0.25) is 9.38 Å². The Morgan fingerprint density at radius 3 is 2.67 bits per heavy atom. The molecule has 3 heteroatoms. The lowest BCUT2D eigenvalue weighted by Crippen LogP contribution is -1.97. The van der Waals surface area contributed by atoms with Crippen LogP contribution in [0.3, 0.4) is 0 Å². The summed E-state index contributed by atoms with van der Waals surface area (Å²) in [5, 5.41) is 2.05. The van der Waals surface area contributed by atoms with E-state index in [9.17, 15) is 0 Å². The van der Waals surface area contributed by atoms with Gasteiger partial charge in [0, 0.05) is 18.3 Å². The Bertz CT molecular complexity index is 1280.